The van der Waals surface area contributed by atoms with Crippen molar-refractivity contribution >= 4 is 51.0 Å². The number of para-hydroxylation sites is 3. The van der Waals surface area contributed by atoms with Gasteiger partial charge in [-0.05, 0) is 59.7 Å². The number of fused-ring (bicyclic) bond motifs is 5. The number of hydrogen-bond acceptors (Lipinski definition) is 4. The summed E-state index contributed by atoms with van der Waals surface area (Å²) in [5.41, 5.74) is 11.8. The second-order valence-electron chi connectivity index (χ2n) is 12.9. The van der Waals surface area contributed by atoms with Gasteiger partial charge in [0.25, 0.3) is 0 Å². The van der Waals surface area contributed by atoms with Crippen LogP contribution in [0.15, 0.2) is 176 Å². The summed E-state index contributed by atoms with van der Waals surface area (Å²) in [4.78, 5) is 17.4. The summed E-state index contributed by atoms with van der Waals surface area (Å²) in [6.45, 7) is 0. The lowest BCUT2D eigenvalue weighted by Gasteiger charge is -2.27. The van der Waals surface area contributed by atoms with Crippen molar-refractivity contribution in [2.24, 2.45) is 0 Å². The lowest BCUT2D eigenvalue weighted by molar-refractivity contribution is 1.07. The summed E-state index contributed by atoms with van der Waals surface area (Å²) in [5, 5.41) is 2.39. The van der Waals surface area contributed by atoms with Crippen LogP contribution < -0.4 is 4.90 Å². The number of rotatable bonds is 5. The number of aromatic nitrogens is 4. The van der Waals surface area contributed by atoms with Crippen LogP contribution in [-0.2, 0) is 0 Å². The molecule has 1 aliphatic rings. The molecule has 0 bridgehead atoms. The molecule has 0 radical (unpaired) electrons. The Hall–Kier alpha value is -7.11. The summed E-state index contributed by atoms with van der Waals surface area (Å²) in [6, 6.07) is 61.3. The van der Waals surface area contributed by atoms with E-state index in [-0.39, 0.29) is 0 Å². The summed E-state index contributed by atoms with van der Waals surface area (Å²) < 4.78 is 2.37. The number of benzene rings is 7. The first-order valence-electron chi connectivity index (χ1n) is 17.5. The van der Waals surface area contributed by atoms with Crippen LogP contribution >= 0.6 is 0 Å². The van der Waals surface area contributed by atoms with Gasteiger partial charge >= 0.3 is 0 Å². The molecule has 1 aliphatic heterocycles. The molecule has 5 nitrogen and oxygen atoms in total. The van der Waals surface area contributed by atoms with E-state index < -0.39 is 0 Å². The smallest absolute Gasteiger partial charge is 0.164 e. The monoisotopic (exact) mass is 665 g/mol. The Morgan fingerprint density at radius 1 is 0.346 bits per heavy atom. The van der Waals surface area contributed by atoms with Gasteiger partial charge in [-0.3, -0.25) is 0 Å². The van der Waals surface area contributed by atoms with Crippen molar-refractivity contribution in [2.45, 2.75) is 0 Å². The Bertz CT molecular complexity index is 2730. The van der Waals surface area contributed by atoms with E-state index in [1.807, 2.05) is 60.7 Å². The third-order valence-electron chi connectivity index (χ3n) is 9.76. The quantitative estimate of drug-likeness (QED) is 0.184. The first-order chi connectivity index (χ1) is 25.8. The van der Waals surface area contributed by atoms with Crippen molar-refractivity contribution in [2.75, 3.05) is 4.90 Å². The highest BCUT2D eigenvalue weighted by Gasteiger charge is 2.23. The van der Waals surface area contributed by atoms with Gasteiger partial charge < -0.3 is 9.47 Å². The molecule has 5 heteroatoms. The lowest BCUT2D eigenvalue weighted by atomic mass is 10.1. The van der Waals surface area contributed by atoms with E-state index in [4.69, 9.17) is 15.0 Å². The van der Waals surface area contributed by atoms with Crippen molar-refractivity contribution in [1.29, 1.82) is 0 Å². The molecule has 0 saturated carbocycles. The van der Waals surface area contributed by atoms with Crippen LogP contribution in [0.2, 0.25) is 0 Å². The van der Waals surface area contributed by atoms with E-state index in [0.717, 1.165) is 56.0 Å². The molecule has 0 aliphatic carbocycles. The van der Waals surface area contributed by atoms with Crippen molar-refractivity contribution in [3.8, 4) is 39.9 Å². The largest absolute Gasteiger partial charge is 0.309 e. The highest BCUT2D eigenvalue weighted by Crippen LogP contribution is 2.45. The number of anilines is 3. The molecule has 244 valence electrons. The van der Waals surface area contributed by atoms with Gasteiger partial charge in [0, 0.05) is 38.8 Å². The zero-order valence-electron chi connectivity index (χ0n) is 28.1. The fraction of sp³-hybridized carbons (Fsp3) is 0. The van der Waals surface area contributed by atoms with Crippen LogP contribution in [-0.4, -0.2) is 19.5 Å². The highest BCUT2D eigenvalue weighted by molar-refractivity contribution is 6.12. The van der Waals surface area contributed by atoms with Gasteiger partial charge in [-0.15, -0.1) is 0 Å². The fourth-order valence-electron chi connectivity index (χ4n) is 7.34. The Morgan fingerprint density at radius 3 is 1.63 bits per heavy atom. The first kappa shape index (κ1) is 29.8. The molecule has 0 amide bonds. The summed E-state index contributed by atoms with van der Waals surface area (Å²) in [7, 11) is 0. The zero-order valence-corrected chi connectivity index (χ0v) is 28.1. The summed E-state index contributed by atoms with van der Waals surface area (Å²) in [5.74, 6) is 1.91. The first-order valence-corrected chi connectivity index (χ1v) is 17.5. The van der Waals surface area contributed by atoms with Crippen LogP contribution in [0.5, 0.6) is 0 Å². The van der Waals surface area contributed by atoms with E-state index in [0.29, 0.717) is 17.5 Å². The van der Waals surface area contributed by atoms with Crippen LogP contribution in [0.25, 0.3) is 73.8 Å². The van der Waals surface area contributed by atoms with Crippen LogP contribution in [0, 0.1) is 0 Å². The van der Waals surface area contributed by atoms with Crippen molar-refractivity contribution < 1.29 is 0 Å². The van der Waals surface area contributed by atoms with Gasteiger partial charge in [0.05, 0.1) is 22.4 Å². The Kier molecular flexibility index (Phi) is 7.07. The van der Waals surface area contributed by atoms with E-state index >= 15 is 0 Å². The molecule has 52 heavy (non-hydrogen) atoms. The SMILES string of the molecule is C1=Cc2cc3c4ccccc4n(-c4cccc(-c5nc(-c6ccccc6)nc(-c6ccccc6)n5)c4)c3cc2N(c2ccccc2)c2ccccc21. The second-order valence-corrected chi connectivity index (χ2v) is 12.9. The normalized spacial score (nSPS) is 12.1. The van der Waals surface area contributed by atoms with Crippen LogP contribution in [0.4, 0.5) is 17.1 Å². The summed E-state index contributed by atoms with van der Waals surface area (Å²) >= 11 is 0. The molecular weight excluding hydrogens is 635 g/mol. The molecule has 0 spiro atoms. The van der Waals surface area contributed by atoms with E-state index in [1.54, 1.807) is 0 Å². The molecular formula is C47H31N5. The van der Waals surface area contributed by atoms with Crippen LogP contribution in [0.3, 0.4) is 0 Å². The molecule has 2 aromatic heterocycles. The second kappa shape index (κ2) is 12.3. The fourth-order valence-corrected chi connectivity index (χ4v) is 7.34. The molecule has 0 unspecified atom stereocenters. The average molecular weight is 666 g/mol. The maximum Gasteiger partial charge on any atom is 0.164 e. The minimum Gasteiger partial charge on any atom is -0.309 e. The Labute approximate surface area is 301 Å². The van der Waals surface area contributed by atoms with Gasteiger partial charge in [0.2, 0.25) is 0 Å². The van der Waals surface area contributed by atoms with E-state index in [1.165, 1.54) is 16.3 Å². The average Bonchev–Trinajstić information content (AvgIpc) is 3.44. The molecule has 0 fully saturated rings. The maximum absolute atomic E-state index is 5.03. The molecule has 3 heterocycles. The van der Waals surface area contributed by atoms with Gasteiger partial charge in [-0.1, -0.05) is 140 Å². The van der Waals surface area contributed by atoms with E-state index in [9.17, 15) is 0 Å². The molecule has 0 atom stereocenters. The Balaban J connectivity index is 1.19. The minimum atomic E-state index is 0.626. The van der Waals surface area contributed by atoms with Gasteiger partial charge in [-0.25, -0.2) is 15.0 Å². The highest BCUT2D eigenvalue weighted by atomic mass is 15.2. The minimum absolute atomic E-state index is 0.626. The summed E-state index contributed by atoms with van der Waals surface area (Å²) in [6.07, 6.45) is 4.48. The zero-order chi connectivity index (χ0) is 34.4. The molecule has 10 rings (SSSR count). The molecule has 0 N–H and O–H groups in total. The van der Waals surface area contributed by atoms with E-state index in [2.05, 4.69) is 137 Å². The topological polar surface area (TPSA) is 46.8 Å². The molecule has 7 aromatic carbocycles. The van der Waals surface area contributed by atoms with Crippen molar-refractivity contribution in [1.82, 2.24) is 19.5 Å². The maximum atomic E-state index is 5.03. The lowest BCUT2D eigenvalue weighted by Crippen LogP contribution is -2.11. The predicted molar refractivity (Wildman–Crippen MR) is 214 cm³/mol. The van der Waals surface area contributed by atoms with Crippen molar-refractivity contribution in [3.05, 3.63) is 187 Å². The van der Waals surface area contributed by atoms with Gasteiger partial charge in [0.15, 0.2) is 17.5 Å². The van der Waals surface area contributed by atoms with Crippen molar-refractivity contribution in [3.63, 3.8) is 0 Å². The Morgan fingerprint density at radius 2 is 0.904 bits per heavy atom. The van der Waals surface area contributed by atoms with Crippen LogP contribution in [0.1, 0.15) is 11.1 Å². The van der Waals surface area contributed by atoms with Gasteiger partial charge in [0.1, 0.15) is 0 Å². The number of hydrogen-bond donors (Lipinski definition) is 0. The third kappa shape index (κ3) is 5.07. The number of nitrogens with zero attached hydrogens (tertiary/aromatic N) is 5. The third-order valence-corrected chi connectivity index (χ3v) is 9.76. The predicted octanol–water partition coefficient (Wildman–Crippen LogP) is 11.9. The molecule has 9 aromatic rings. The van der Waals surface area contributed by atoms with Gasteiger partial charge in [-0.2, -0.15) is 0 Å². The molecule has 0 saturated heterocycles. The standard InChI is InChI=1S/C47H31N5/c1-4-16-33(17-5-1)45-48-46(34-18-6-2-7-19-34)50-47(49-45)36-20-14-23-38(29-36)52-42-26-13-11-24-39(42)40-30-35-28-27-32-15-10-12-25-41(32)51(43(35)31-44(40)52)37-21-8-3-9-22-37/h1-31H.